The van der Waals surface area contributed by atoms with Crippen molar-refractivity contribution in [1.82, 2.24) is 15.1 Å². The van der Waals surface area contributed by atoms with Crippen molar-refractivity contribution in [3.63, 3.8) is 0 Å². The van der Waals surface area contributed by atoms with Crippen LogP contribution in [0.4, 0.5) is 0 Å². The summed E-state index contributed by atoms with van der Waals surface area (Å²) in [5.74, 6) is 1.06. The zero-order valence-electron chi connectivity index (χ0n) is 9.79. The van der Waals surface area contributed by atoms with Crippen molar-refractivity contribution < 1.29 is 0 Å². The lowest BCUT2D eigenvalue weighted by Gasteiger charge is -2.02. The molecule has 0 bridgehead atoms. The van der Waals surface area contributed by atoms with Crippen LogP contribution >= 0.6 is 0 Å². The quantitative estimate of drug-likeness (QED) is 0.723. The zero-order valence-corrected chi connectivity index (χ0v) is 9.79. The van der Waals surface area contributed by atoms with Crippen LogP contribution in [0.15, 0.2) is 6.20 Å². The number of nitrogens with one attached hydrogen (secondary N) is 1. The lowest BCUT2D eigenvalue weighted by molar-refractivity contribution is 0.593. The molecular formula is C12H21N3. The Balaban J connectivity index is 1.62. The Morgan fingerprint density at radius 3 is 2.93 bits per heavy atom. The van der Waals surface area contributed by atoms with Crippen LogP contribution in [0.25, 0.3) is 0 Å². The van der Waals surface area contributed by atoms with Gasteiger partial charge in [-0.25, -0.2) is 0 Å². The van der Waals surface area contributed by atoms with Gasteiger partial charge in [0.05, 0.1) is 5.69 Å². The van der Waals surface area contributed by atoms with Crippen LogP contribution in [-0.4, -0.2) is 16.3 Å². The molecular weight excluding hydrogens is 186 g/mol. The molecule has 0 spiro atoms. The van der Waals surface area contributed by atoms with E-state index in [-0.39, 0.29) is 0 Å². The number of aromatic nitrogens is 2. The molecule has 1 N–H and O–H groups in total. The van der Waals surface area contributed by atoms with Gasteiger partial charge in [-0.3, -0.25) is 4.68 Å². The first-order valence-electron chi connectivity index (χ1n) is 5.95. The number of aryl methyl sites for hydroxylation is 2. The molecule has 1 fully saturated rings. The SMILES string of the molecule is Cc1nn(C)cc1CNCCCC1CC1. The van der Waals surface area contributed by atoms with Crippen molar-refractivity contribution in [2.45, 2.75) is 39.2 Å². The van der Waals surface area contributed by atoms with Gasteiger partial charge in [-0.05, 0) is 32.2 Å². The highest BCUT2D eigenvalue weighted by molar-refractivity contribution is 5.14. The van der Waals surface area contributed by atoms with Crippen LogP contribution in [0.1, 0.15) is 36.9 Å². The first-order valence-corrected chi connectivity index (χ1v) is 5.95. The summed E-state index contributed by atoms with van der Waals surface area (Å²) < 4.78 is 1.89. The maximum Gasteiger partial charge on any atom is 0.0638 e. The summed E-state index contributed by atoms with van der Waals surface area (Å²) in [5.41, 5.74) is 2.47. The lowest BCUT2D eigenvalue weighted by atomic mass is 10.2. The van der Waals surface area contributed by atoms with Crippen LogP contribution in [0.5, 0.6) is 0 Å². The van der Waals surface area contributed by atoms with Gasteiger partial charge in [0.15, 0.2) is 0 Å². The molecule has 0 atom stereocenters. The Morgan fingerprint density at radius 1 is 1.53 bits per heavy atom. The van der Waals surface area contributed by atoms with E-state index in [0.29, 0.717) is 0 Å². The van der Waals surface area contributed by atoms with E-state index in [1.807, 2.05) is 11.7 Å². The predicted molar refractivity (Wildman–Crippen MR) is 61.6 cm³/mol. The van der Waals surface area contributed by atoms with Crippen molar-refractivity contribution in [3.05, 3.63) is 17.5 Å². The van der Waals surface area contributed by atoms with Gasteiger partial charge >= 0.3 is 0 Å². The molecule has 1 aliphatic carbocycles. The summed E-state index contributed by atoms with van der Waals surface area (Å²) in [6, 6.07) is 0. The largest absolute Gasteiger partial charge is 0.313 e. The Labute approximate surface area is 91.9 Å². The molecule has 0 radical (unpaired) electrons. The molecule has 0 saturated heterocycles. The molecule has 1 saturated carbocycles. The first-order chi connectivity index (χ1) is 7.25. The minimum absolute atomic E-state index is 0.963. The first kappa shape index (κ1) is 10.7. The van der Waals surface area contributed by atoms with E-state index < -0.39 is 0 Å². The van der Waals surface area contributed by atoms with Gasteiger partial charge in [0.2, 0.25) is 0 Å². The molecule has 0 aliphatic heterocycles. The Hall–Kier alpha value is -0.830. The summed E-state index contributed by atoms with van der Waals surface area (Å²) in [7, 11) is 1.98. The molecule has 3 nitrogen and oxygen atoms in total. The lowest BCUT2D eigenvalue weighted by Crippen LogP contribution is -2.15. The maximum atomic E-state index is 4.32. The van der Waals surface area contributed by atoms with Crippen molar-refractivity contribution in [2.75, 3.05) is 6.54 Å². The summed E-state index contributed by atoms with van der Waals surface area (Å²) in [4.78, 5) is 0. The molecule has 1 aliphatic rings. The van der Waals surface area contributed by atoms with Gasteiger partial charge < -0.3 is 5.32 Å². The van der Waals surface area contributed by atoms with Gasteiger partial charge in [-0.2, -0.15) is 5.10 Å². The van der Waals surface area contributed by atoms with Crippen LogP contribution in [0.2, 0.25) is 0 Å². The Morgan fingerprint density at radius 2 is 2.33 bits per heavy atom. The van der Waals surface area contributed by atoms with Gasteiger partial charge in [0.1, 0.15) is 0 Å². The smallest absolute Gasteiger partial charge is 0.0638 e. The van der Waals surface area contributed by atoms with Crippen LogP contribution in [0.3, 0.4) is 0 Å². The maximum absolute atomic E-state index is 4.32. The number of hydrogen-bond acceptors (Lipinski definition) is 2. The molecule has 0 unspecified atom stereocenters. The molecule has 0 aromatic carbocycles. The van der Waals surface area contributed by atoms with Crippen LogP contribution in [0, 0.1) is 12.8 Å². The Bertz CT molecular complexity index is 313. The minimum atomic E-state index is 0.963. The molecule has 2 rings (SSSR count). The second kappa shape index (κ2) is 4.79. The van der Waals surface area contributed by atoms with Crippen molar-refractivity contribution in [1.29, 1.82) is 0 Å². The molecule has 1 aromatic heterocycles. The molecule has 1 aromatic rings. The highest BCUT2D eigenvalue weighted by atomic mass is 15.2. The van der Waals surface area contributed by atoms with E-state index in [1.165, 1.54) is 31.2 Å². The fourth-order valence-electron chi connectivity index (χ4n) is 1.97. The van der Waals surface area contributed by atoms with Crippen molar-refractivity contribution in [2.24, 2.45) is 13.0 Å². The summed E-state index contributed by atoms with van der Waals surface area (Å²) in [5, 5.41) is 7.81. The second-order valence-corrected chi connectivity index (χ2v) is 4.68. The fourth-order valence-corrected chi connectivity index (χ4v) is 1.97. The monoisotopic (exact) mass is 207 g/mol. The van der Waals surface area contributed by atoms with Gasteiger partial charge in [-0.15, -0.1) is 0 Å². The van der Waals surface area contributed by atoms with Gasteiger partial charge in [0.25, 0.3) is 0 Å². The summed E-state index contributed by atoms with van der Waals surface area (Å²) >= 11 is 0. The van der Waals surface area contributed by atoms with Gasteiger partial charge in [-0.1, -0.05) is 12.8 Å². The summed E-state index contributed by atoms with van der Waals surface area (Å²) in [6.07, 6.45) is 7.79. The van der Waals surface area contributed by atoms with Crippen LogP contribution in [-0.2, 0) is 13.6 Å². The topological polar surface area (TPSA) is 29.9 Å². The van der Waals surface area contributed by atoms with Gasteiger partial charge in [0, 0.05) is 25.4 Å². The van der Waals surface area contributed by atoms with E-state index in [9.17, 15) is 0 Å². The molecule has 84 valence electrons. The molecule has 3 heteroatoms. The number of rotatable bonds is 6. The molecule has 1 heterocycles. The minimum Gasteiger partial charge on any atom is -0.313 e. The predicted octanol–water partition coefficient (Wildman–Crippen LogP) is 2.01. The zero-order chi connectivity index (χ0) is 10.7. The number of nitrogens with zero attached hydrogens (tertiary/aromatic N) is 2. The van der Waals surface area contributed by atoms with Crippen molar-refractivity contribution in [3.8, 4) is 0 Å². The third kappa shape index (κ3) is 3.34. The van der Waals surface area contributed by atoms with Crippen LogP contribution < -0.4 is 5.32 Å². The van der Waals surface area contributed by atoms with Crippen molar-refractivity contribution >= 4 is 0 Å². The third-order valence-corrected chi connectivity index (χ3v) is 3.09. The van der Waals surface area contributed by atoms with E-state index >= 15 is 0 Å². The second-order valence-electron chi connectivity index (χ2n) is 4.68. The average molecular weight is 207 g/mol. The highest BCUT2D eigenvalue weighted by Crippen LogP contribution is 2.33. The summed E-state index contributed by atoms with van der Waals surface area (Å²) in [6.45, 7) is 4.18. The average Bonchev–Trinajstić information content (AvgIpc) is 2.94. The molecule has 15 heavy (non-hydrogen) atoms. The number of hydrogen-bond donors (Lipinski definition) is 1. The Kier molecular flexibility index (Phi) is 3.41. The third-order valence-electron chi connectivity index (χ3n) is 3.09. The standard InChI is InChI=1S/C12H21N3/c1-10-12(9-15(2)14-10)8-13-7-3-4-11-5-6-11/h9,11,13H,3-8H2,1-2H3. The van der Waals surface area contributed by atoms with E-state index in [2.05, 4.69) is 23.5 Å². The molecule has 0 amide bonds. The fraction of sp³-hybridized carbons (Fsp3) is 0.750. The highest BCUT2D eigenvalue weighted by Gasteiger charge is 2.19. The van der Waals surface area contributed by atoms with E-state index in [0.717, 1.165) is 24.7 Å². The normalized spacial score (nSPS) is 15.9. The van der Waals surface area contributed by atoms with E-state index in [4.69, 9.17) is 0 Å². The van der Waals surface area contributed by atoms with E-state index in [1.54, 1.807) is 0 Å².